The number of nitriles is 1. The maximum Gasteiger partial charge on any atom is 0.319 e. The number of carbonyl (C=O) groups is 2. The largest absolute Gasteiger partial charge is 0.457 e. The van der Waals surface area contributed by atoms with E-state index in [-0.39, 0.29) is 22.2 Å². The quantitative estimate of drug-likeness (QED) is 0.370. The summed E-state index contributed by atoms with van der Waals surface area (Å²) in [5, 5.41) is 21.6. The van der Waals surface area contributed by atoms with Crippen molar-refractivity contribution in [3.8, 4) is 17.4 Å². The second-order valence-electron chi connectivity index (χ2n) is 4.61. The minimum atomic E-state index is -1.10. The smallest absolute Gasteiger partial charge is 0.319 e. The number of imide groups is 1. The maximum absolute atomic E-state index is 11.6. The molecule has 0 fully saturated rings. The van der Waals surface area contributed by atoms with Crippen molar-refractivity contribution in [2.24, 2.45) is 5.73 Å². The van der Waals surface area contributed by atoms with E-state index >= 15 is 0 Å². The molecule has 126 valence electrons. The van der Waals surface area contributed by atoms with E-state index in [4.69, 9.17) is 27.0 Å². The molecule has 0 radical (unpaired) electrons. The van der Waals surface area contributed by atoms with Gasteiger partial charge in [0.2, 0.25) is 0 Å². The molecule has 0 unspecified atom stereocenters. The first kappa shape index (κ1) is 17.7. The molecule has 10 heteroatoms. The third-order valence-electron chi connectivity index (χ3n) is 2.94. The molecule has 3 N–H and O–H groups in total. The molecule has 0 aliphatic rings. The van der Waals surface area contributed by atoms with Crippen LogP contribution in [0.25, 0.3) is 17.4 Å². The highest BCUT2D eigenvalue weighted by atomic mass is 35.5. The summed E-state index contributed by atoms with van der Waals surface area (Å²) in [6, 6.07) is 7.57. The van der Waals surface area contributed by atoms with Crippen molar-refractivity contribution in [3.05, 3.63) is 56.8 Å². The summed E-state index contributed by atoms with van der Waals surface area (Å²) in [4.78, 5) is 32.5. The summed E-state index contributed by atoms with van der Waals surface area (Å²) in [5.74, 6) is -0.586. The molecule has 0 bridgehead atoms. The van der Waals surface area contributed by atoms with Crippen molar-refractivity contribution in [2.45, 2.75) is 0 Å². The van der Waals surface area contributed by atoms with Gasteiger partial charge in [-0.25, -0.2) is 4.79 Å². The molecule has 0 saturated heterocycles. The standard InChI is InChI=1S/C15H9ClN4O5/c16-11-3-1-8(6-12(11)20(23)24)13-4-2-10(25-13)5-9(7-17)14(21)19-15(18)22/h1-6H,(H3,18,19,21,22)/b9-5+. The van der Waals surface area contributed by atoms with Gasteiger partial charge in [0, 0.05) is 17.7 Å². The highest BCUT2D eigenvalue weighted by Crippen LogP contribution is 2.31. The Morgan fingerprint density at radius 3 is 2.68 bits per heavy atom. The molecule has 1 heterocycles. The van der Waals surface area contributed by atoms with Crippen LogP contribution in [-0.4, -0.2) is 16.9 Å². The second-order valence-corrected chi connectivity index (χ2v) is 5.02. The number of nitro benzene ring substituents is 1. The fourth-order valence-electron chi connectivity index (χ4n) is 1.86. The minimum Gasteiger partial charge on any atom is -0.457 e. The number of amides is 3. The lowest BCUT2D eigenvalue weighted by atomic mass is 10.1. The van der Waals surface area contributed by atoms with E-state index in [2.05, 4.69) is 0 Å². The first-order valence-electron chi connectivity index (χ1n) is 6.58. The zero-order valence-electron chi connectivity index (χ0n) is 12.4. The monoisotopic (exact) mass is 360 g/mol. The van der Waals surface area contributed by atoms with Crippen LogP contribution in [0.5, 0.6) is 0 Å². The van der Waals surface area contributed by atoms with Crippen LogP contribution in [-0.2, 0) is 4.79 Å². The average molecular weight is 361 g/mol. The van der Waals surface area contributed by atoms with Gasteiger partial charge in [-0.15, -0.1) is 0 Å². The van der Waals surface area contributed by atoms with Gasteiger partial charge < -0.3 is 10.2 Å². The predicted molar refractivity (Wildman–Crippen MR) is 87.1 cm³/mol. The third-order valence-corrected chi connectivity index (χ3v) is 3.26. The Kier molecular flexibility index (Phi) is 5.16. The van der Waals surface area contributed by atoms with Gasteiger partial charge in [-0.3, -0.25) is 20.2 Å². The number of nitrogens with one attached hydrogen (secondary N) is 1. The summed E-state index contributed by atoms with van der Waals surface area (Å²) >= 11 is 5.75. The van der Waals surface area contributed by atoms with Crippen LogP contribution in [0.1, 0.15) is 5.76 Å². The summed E-state index contributed by atoms with van der Waals surface area (Å²) in [5.41, 5.74) is 4.51. The lowest BCUT2D eigenvalue weighted by Crippen LogP contribution is -2.35. The number of benzene rings is 1. The number of hydrogen-bond donors (Lipinski definition) is 2. The van der Waals surface area contributed by atoms with Crippen molar-refractivity contribution < 1.29 is 18.9 Å². The fraction of sp³-hybridized carbons (Fsp3) is 0. The fourth-order valence-corrected chi connectivity index (χ4v) is 2.05. The summed E-state index contributed by atoms with van der Waals surface area (Å²) < 4.78 is 5.44. The lowest BCUT2D eigenvalue weighted by molar-refractivity contribution is -0.384. The molecule has 3 amide bonds. The van der Waals surface area contributed by atoms with Gasteiger partial charge in [0.1, 0.15) is 28.2 Å². The van der Waals surface area contributed by atoms with Crippen LogP contribution in [0.2, 0.25) is 5.02 Å². The van der Waals surface area contributed by atoms with E-state index < -0.39 is 22.4 Å². The van der Waals surface area contributed by atoms with Gasteiger partial charge >= 0.3 is 6.03 Å². The van der Waals surface area contributed by atoms with Crippen LogP contribution in [0.3, 0.4) is 0 Å². The molecule has 1 aromatic heterocycles. The molecule has 2 aromatic rings. The van der Waals surface area contributed by atoms with Crippen molar-refractivity contribution in [3.63, 3.8) is 0 Å². The van der Waals surface area contributed by atoms with E-state index in [0.29, 0.717) is 5.56 Å². The number of halogens is 1. The Labute approximate surface area is 145 Å². The van der Waals surface area contributed by atoms with Crippen molar-refractivity contribution in [2.75, 3.05) is 0 Å². The van der Waals surface area contributed by atoms with Crippen LogP contribution in [0, 0.1) is 21.4 Å². The Balaban J connectivity index is 2.34. The first-order chi connectivity index (χ1) is 11.8. The van der Waals surface area contributed by atoms with Gasteiger partial charge in [0.05, 0.1) is 4.92 Å². The van der Waals surface area contributed by atoms with Gasteiger partial charge in [0.15, 0.2) is 0 Å². The van der Waals surface area contributed by atoms with Gasteiger partial charge in [-0.1, -0.05) is 11.6 Å². The Morgan fingerprint density at radius 1 is 1.36 bits per heavy atom. The number of hydrogen-bond acceptors (Lipinski definition) is 6. The number of primary amides is 1. The number of nitrogens with zero attached hydrogens (tertiary/aromatic N) is 2. The van der Waals surface area contributed by atoms with Gasteiger partial charge in [-0.05, 0) is 24.3 Å². The van der Waals surface area contributed by atoms with Crippen molar-refractivity contribution in [1.82, 2.24) is 5.32 Å². The summed E-state index contributed by atoms with van der Waals surface area (Å²) in [6.07, 6.45) is 1.10. The number of urea groups is 1. The normalized spacial score (nSPS) is 10.8. The molecule has 1 aromatic carbocycles. The Hall–Kier alpha value is -3.64. The molecule has 0 saturated carbocycles. The summed E-state index contributed by atoms with van der Waals surface area (Å²) in [6.45, 7) is 0. The molecule has 9 nitrogen and oxygen atoms in total. The third kappa shape index (κ3) is 4.21. The number of carbonyl (C=O) groups excluding carboxylic acids is 2. The van der Waals surface area contributed by atoms with E-state index in [9.17, 15) is 19.7 Å². The molecule has 0 spiro atoms. The van der Waals surface area contributed by atoms with E-state index in [1.807, 2.05) is 0 Å². The Morgan fingerprint density at radius 2 is 2.08 bits per heavy atom. The van der Waals surface area contributed by atoms with Crippen molar-refractivity contribution in [1.29, 1.82) is 5.26 Å². The Bertz CT molecular complexity index is 942. The van der Waals surface area contributed by atoms with E-state index in [1.54, 1.807) is 11.4 Å². The molecule has 0 aliphatic heterocycles. The highest BCUT2D eigenvalue weighted by molar-refractivity contribution is 6.32. The number of rotatable bonds is 4. The SMILES string of the molecule is N#C/C(=C\c1ccc(-c2ccc(Cl)c([N+](=O)[O-])c2)o1)C(=O)NC(N)=O. The molecule has 25 heavy (non-hydrogen) atoms. The number of nitro groups is 1. The molecular weight excluding hydrogens is 352 g/mol. The molecule has 0 aliphatic carbocycles. The zero-order valence-corrected chi connectivity index (χ0v) is 13.1. The topological polar surface area (TPSA) is 152 Å². The average Bonchev–Trinajstić information content (AvgIpc) is 3.00. The van der Waals surface area contributed by atoms with Crippen LogP contribution in [0.4, 0.5) is 10.5 Å². The predicted octanol–water partition coefficient (Wildman–Crippen LogP) is 2.61. The van der Waals surface area contributed by atoms with E-state index in [1.165, 1.54) is 30.3 Å². The number of furan rings is 1. The second kappa shape index (κ2) is 7.29. The highest BCUT2D eigenvalue weighted by Gasteiger charge is 2.16. The van der Waals surface area contributed by atoms with Gasteiger partial charge in [0.25, 0.3) is 11.6 Å². The molecular formula is C15H9ClN4O5. The van der Waals surface area contributed by atoms with Gasteiger partial charge in [-0.2, -0.15) is 5.26 Å². The minimum absolute atomic E-state index is 0.0182. The zero-order chi connectivity index (χ0) is 18.6. The van der Waals surface area contributed by atoms with E-state index in [0.717, 1.165) is 6.08 Å². The first-order valence-corrected chi connectivity index (χ1v) is 6.96. The number of nitrogens with two attached hydrogens (primary N) is 1. The molecule has 0 atom stereocenters. The maximum atomic E-state index is 11.6. The summed E-state index contributed by atoms with van der Waals surface area (Å²) in [7, 11) is 0. The lowest BCUT2D eigenvalue weighted by Gasteiger charge is -2.00. The van der Waals surface area contributed by atoms with Crippen LogP contribution in [0.15, 0.2) is 40.3 Å². The van der Waals surface area contributed by atoms with Crippen LogP contribution >= 0.6 is 11.6 Å². The van der Waals surface area contributed by atoms with Crippen LogP contribution < -0.4 is 11.1 Å². The molecule has 2 rings (SSSR count). The van der Waals surface area contributed by atoms with Crippen molar-refractivity contribution >= 4 is 35.3 Å².